The second-order valence-electron chi connectivity index (χ2n) is 4.04. The molecule has 2 aromatic rings. The molecule has 0 saturated heterocycles. The number of halogens is 3. The molecule has 0 aliphatic rings. The summed E-state index contributed by atoms with van der Waals surface area (Å²) in [6.07, 6.45) is -0.227. The fraction of sp³-hybridized carbons (Fsp3) is 0.0714. The molecule has 0 saturated carbocycles. The molecule has 98 valence electrons. The van der Waals surface area contributed by atoms with Crippen molar-refractivity contribution >= 4 is 27.4 Å². The first-order valence-corrected chi connectivity index (χ1v) is 6.29. The second kappa shape index (κ2) is 5.48. The van der Waals surface area contributed by atoms with E-state index in [0.717, 1.165) is 10.5 Å². The van der Waals surface area contributed by atoms with E-state index in [1.165, 1.54) is 12.1 Å². The number of Topliss-reactive ketones (excluding diaryl/α,β-unsaturated/α-hetero) is 1. The van der Waals surface area contributed by atoms with Gasteiger partial charge >= 0.3 is 0 Å². The van der Waals surface area contributed by atoms with E-state index in [0.29, 0.717) is 11.3 Å². The molecule has 2 nitrogen and oxygen atoms in total. The molecule has 2 N–H and O–H groups in total. The van der Waals surface area contributed by atoms with Gasteiger partial charge in [-0.2, -0.15) is 0 Å². The summed E-state index contributed by atoms with van der Waals surface area (Å²) >= 11 is 3.23. The van der Waals surface area contributed by atoms with Gasteiger partial charge in [0.05, 0.1) is 0 Å². The van der Waals surface area contributed by atoms with E-state index >= 15 is 0 Å². The third-order valence-electron chi connectivity index (χ3n) is 2.70. The highest BCUT2D eigenvalue weighted by Crippen LogP contribution is 2.21. The fourth-order valence-electron chi connectivity index (χ4n) is 1.74. The number of nitrogens with two attached hydrogens (primary N) is 1. The minimum absolute atomic E-state index is 0.0207. The molecule has 0 aliphatic carbocycles. The average molecular weight is 326 g/mol. The van der Waals surface area contributed by atoms with Crippen molar-refractivity contribution in [2.45, 2.75) is 6.42 Å². The minimum Gasteiger partial charge on any atom is -0.398 e. The van der Waals surface area contributed by atoms with E-state index < -0.39 is 11.6 Å². The summed E-state index contributed by atoms with van der Waals surface area (Å²) < 4.78 is 27.3. The highest BCUT2D eigenvalue weighted by Gasteiger charge is 2.15. The third kappa shape index (κ3) is 2.98. The molecule has 0 aliphatic heterocycles. The Labute approximate surface area is 117 Å². The van der Waals surface area contributed by atoms with Gasteiger partial charge in [-0.25, -0.2) is 8.78 Å². The van der Waals surface area contributed by atoms with Crippen LogP contribution in [-0.2, 0) is 6.42 Å². The Morgan fingerprint density at radius 1 is 1.21 bits per heavy atom. The molecule has 0 spiro atoms. The van der Waals surface area contributed by atoms with Crippen LogP contribution in [-0.4, -0.2) is 5.78 Å². The van der Waals surface area contributed by atoms with Crippen molar-refractivity contribution in [3.8, 4) is 0 Å². The summed E-state index contributed by atoms with van der Waals surface area (Å²) in [7, 11) is 0. The van der Waals surface area contributed by atoms with E-state index in [-0.39, 0.29) is 17.8 Å². The summed E-state index contributed by atoms with van der Waals surface area (Å²) in [6, 6.07) is 8.58. The normalized spacial score (nSPS) is 10.5. The van der Waals surface area contributed by atoms with Gasteiger partial charge in [0.25, 0.3) is 0 Å². The lowest BCUT2D eigenvalue weighted by Gasteiger charge is -2.06. The Kier molecular flexibility index (Phi) is 3.95. The zero-order valence-corrected chi connectivity index (χ0v) is 11.4. The maximum Gasteiger partial charge on any atom is 0.169 e. The minimum atomic E-state index is -0.994. The Morgan fingerprint density at radius 2 is 1.95 bits per heavy atom. The second-order valence-corrected chi connectivity index (χ2v) is 4.96. The zero-order valence-electron chi connectivity index (χ0n) is 9.79. The fourth-order valence-corrected chi connectivity index (χ4v) is 2.12. The largest absolute Gasteiger partial charge is 0.398 e. The number of anilines is 1. The lowest BCUT2D eigenvalue weighted by atomic mass is 10.0. The van der Waals surface area contributed by atoms with Crippen LogP contribution in [0.3, 0.4) is 0 Å². The van der Waals surface area contributed by atoms with Gasteiger partial charge in [-0.1, -0.05) is 28.1 Å². The molecule has 0 fully saturated rings. The summed E-state index contributed by atoms with van der Waals surface area (Å²) in [4.78, 5) is 12.0. The molecule has 0 heterocycles. The predicted molar refractivity (Wildman–Crippen MR) is 72.9 cm³/mol. The first-order chi connectivity index (χ1) is 8.99. The lowest BCUT2D eigenvalue weighted by molar-refractivity contribution is 0.0992. The van der Waals surface area contributed by atoms with Crippen molar-refractivity contribution in [3.63, 3.8) is 0 Å². The smallest absolute Gasteiger partial charge is 0.169 e. The van der Waals surface area contributed by atoms with Gasteiger partial charge in [0.2, 0.25) is 0 Å². The van der Waals surface area contributed by atoms with Crippen LogP contribution in [0.15, 0.2) is 40.9 Å². The average Bonchev–Trinajstić information content (AvgIpc) is 2.34. The monoisotopic (exact) mass is 325 g/mol. The van der Waals surface area contributed by atoms with E-state index in [9.17, 15) is 13.6 Å². The van der Waals surface area contributed by atoms with Crippen LogP contribution in [0.25, 0.3) is 0 Å². The third-order valence-corrected chi connectivity index (χ3v) is 3.19. The van der Waals surface area contributed by atoms with Crippen LogP contribution in [0.1, 0.15) is 15.9 Å². The van der Waals surface area contributed by atoms with Crippen LogP contribution in [0.2, 0.25) is 0 Å². The number of benzene rings is 2. The van der Waals surface area contributed by atoms with Gasteiger partial charge in [-0.15, -0.1) is 0 Å². The summed E-state index contributed by atoms with van der Waals surface area (Å²) in [5.41, 5.74) is 6.35. The number of carbonyl (C=O) groups excluding carboxylic acids is 1. The molecule has 0 amide bonds. The SMILES string of the molecule is Nc1cc(Br)ccc1C(=O)Cc1cccc(F)c1F. The quantitative estimate of drug-likeness (QED) is 0.690. The first kappa shape index (κ1) is 13.7. The van der Waals surface area contributed by atoms with E-state index in [2.05, 4.69) is 15.9 Å². The zero-order chi connectivity index (χ0) is 14.0. The van der Waals surface area contributed by atoms with Crippen molar-refractivity contribution in [1.82, 2.24) is 0 Å². The number of nitrogen functional groups attached to an aromatic ring is 1. The molecular weight excluding hydrogens is 316 g/mol. The standard InChI is InChI=1S/C14H10BrF2NO/c15-9-4-5-10(12(18)7-9)13(19)6-8-2-1-3-11(16)14(8)17/h1-5,7H,6,18H2. The van der Waals surface area contributed by atoms with Gasteiger partial charge in [-0.05, 0) is 29.8 Å². The number of hydrogen-bond acceptors (Lipinski definition) is 2. The number of ketones is 1. The first-order valence-electron chi connectivity index (χ1n) is 5.50. The van der Waals surface area contributed by atoms with Gasteiger partial charge in [0.1, 0.15) is 0 Å². The molecule has 5 heteroatoms. The summed E-state index contributed by atoms with van der Waals surface area (Å²) in [6.45, 7) is 0. The maximum atomic E-state index is 13.5. The van der Waals surface area contributed by atoms with Crippen LogP contribution in [0.4, 0.5) is 14.5 Å². The Morgan fingerprint density at radius 3 is 2.63 bits per heavy atom. The Bertz CT molecular complexity index is 643. The highest BCUT2D eigenvalue weighted by molar-refractivity contribution is 9.10. The highest BCUT2D eigenvalue weighted by atomic mass is 79.9. The van der Waals surface area contributed by atoms with Gasteiger partial charge in [-0.3, -0.25) is 4.79 Å². The summed E-state index contributed by atoms with van der Waals surface area (Å²) in [5, 5.41) is 0. The van der Waals surface area contributed by atoms with Gasteiger partial charge in [0, 0.05) is 22.1 Å². The maximum absolute atomic E-state index is 13.5. The number of carbonyl (C=O) groups is 1. The van der Waals surface area contributed by atoms with Crippen LogP contribution < -0.4 is 5.73 Å². The van der Waals surface area contributed by atoms with Crippen molar-refractivity contribution in [2.75, 3.05) is 5.73 Å². The molecule has 2 rings (SSSR count). The Balaban J connectivity index is 2.28. The molecule has 19 heavy (non-hydrogen) atoms. The van der Waals surface area contributed by atoms with E-state index in [1.54, 1.807) is 18.2 Å². The van der Waals surface area contributed by atoms with Crippen molar-refractivity contribution < 1.29 is 13.6 Å². The van der Waals surface area contributed by atoms with E-state index in [1.807, 2.05) is 0 Å². The van der Waals surface area contributed by atoms with Crippen LogP contribution >= 0.6 is 15.9 Å². The molecule has 0 radical (unpaired) electrons. The van der Waals surface area contributed by atoms with Crippen LogP contribution in [0.5, 0.6) is 0 Å². The van der Waals surface area contributed by atoms with E-state index in [4.69, 9.17) is 5.73 Å². The van der Waals surface area contributed by atoms with Gasteiger partial charge in [0.15, 0.2) is 17.4 Å². The lowest BCUT2D eigenvalue weighted by Crippen LogP contribution is -2.08. The van der Waals surface area contributed by atoms with Crippen molar-refractivity contribution in [2.24, 2.45) is 0 Å². The Hall–Kier alpha value is -1.75. The van der Waals surface area contributed by atoms with Crippen molar-refractivity contribution in [3.05, 3.63) is 63.6 Å². The molecule has 2 aromatic carbocycles. The molecule has 0 aromatic heterocycles. The topological polar surface area (TPSA) is 43.1 Å². The number of hydrogen-bond donors (Lipinski definition) is 1. The summed E-state index contributed by atoms with van der Waals surface area (Å²) in [5.74, 6) is -2.31. The van der Waals surface area contributed by atoms with Crippen LogP contribution in [0, 0.1) is 11.6 Å². The van der Waals surface area contributed by atoms with Gasteiger partial charge < -0.3 is 5.73 Å². The predicted octanol–water partition coefficient (Wildman–Crippen LogP) is 3.73. The molecule has 0 atom stereocenters. The molecular formula is C14H10BrF2NO. The van der Waals surface area contributed by atoms with Crippen molar-refractivity contribution in [1.29, 1.82) is 0 Å². The number of rotatable bonds is 3. The molecule has 0 unspecified atom stereocenters. The molecule has 0 bridgehead atoms.